The van der Waals surface area contributed by atoms with Crippen molar-refractivity contribution in [2.24, 2.45) is 0 Å². The van der Waals surface area contributed by atoms with Gasteiger partial charge >= 0.3 is 0 Å². The lowest BCUT2D eigenvalue weighted by Gasteiger charge is -2.00. The molecule has 0 amide bonds. The molecule has 0 spiro atoms. The highest BCUT2D eigenvalue weighted by Crippen LogP contribution is 2.32. The molecule has 0 atom stereocenters. The van der Waals surface area contributed by atoms with Crippen LogP contribution in [0.2, 0.25) is 0 Å². The van der Waals surface area contributed by atoms with Crippen molar-refractivity contribution >= 4 is 21.8 Å². The largest absolute Gasteiger partial charge is 0.507 e. The van der Waals surface area contributed by atoms with E-state index in [-0.39, 0.29) is 11.6 Å². The molecule has 14 heavy (non-hydrogen) atoms. The summed E-state index contributed by atoms with van der Waals surface area (Å²) in [4.78, 5) is 0. The van der Waals surface area contributed by atoms with Crippen molar-refractivity contribution in [2.75, 3.05) is 5.73 Å². The topological polar surface area (TPSA) is 72.3 Å². The van der Waals surface area contributed by atoms with E-state index in [1.54, 1.807) is 18.2 Å². The maximum absolute atomic E-state index is 9.29. The number of halogens is 1. The van der Waals surface area contributed by atoms with Crippen LogP contribution in [0.5, 0.6) is 5.75 Å². The highest BCUT2D eigenvalue weighted by molar-refractivity contribution is 9.10. The van der Waals surface area contributed by atoms with Crippen LogP contribution in [0.3, 0.4) is 0 Å². The van der Waals surface area contributed by atoms with Gasteiger partial charge < -0.3 is 15.4 Å². The van der Waals surface area contributed by atoms with E-state index in [0.717, 1.165) is 5.56 Å². The van der Waals surface area contributed by atoms with Crippen molar-refractivity contribution < 1.29 is 9.63 Å². The van der Waals surface area contributed by atoms with Gasteiger partial charge in [-0.25, -0.2) is 0 Å². The Hall–Kier alpha value is -1.49. The van der Waals surface area contributed by atoms with Gasteiger partial charge in [-0.3, -0.25) is 0 Å². The molecular weight excluding hydrogens is 248 g/mol. The Kier molecular flexibility index (Phi) is 2.17. The Morgan fingerprint density at radius 1 is 1.43 bits per heavy atom. The van der Waals surface area contributed by atoms with Crippen LogP contribution in [0, 0.1) is 0 Å². The summed E-state index contributed by atoms with van der Waals surface area (Å²) in [6.07, 6.45) is 1.54. The van der Waals surface area contributed by atoms with E-state index >= 15 is 0 Å². The van der Waals surface area contributed by atoms with Gasteiger partial charge in [-0.2, -0.15) is 0 Å². The fourth-order valence-electron chi connectivity index (χ4n) is 1.14. The first-order valence-corrected chi connectivity index (χ1v) is 4.67. The van der Waals surface area contributed by atoms with Crippen LogP contribution in [0.25, 0.3) is 11.1 Å². The van der Waals surface area contributed by atoms with E-state index in [9.17, 15) is 5.11 Å². The summed E-state index contributed by atoms with van der Waals surface area (Å²) in [6, 6.07) is 5.06. The van der Waals surface area contributed by atoms with Gasteiger partial charge in [-0.1, -0.05) is 11.2 Å². The fraction of sp³-hybridized carbons (Fsp3) is 0. The van der Waals surface area contributed by atoms with Gasteiger partial charge in [0, 0.05) is 0 Å². The number of anilines is 1. The Morgan fingerprint density at radius 3 is 2.79 bits per heavy atom. The molecule has 5 heteroatoms. The highest BCUT2D eigenvalue weighted by atomic mass is 79.9. The SMILES string of the molecule is Nc1oncc1-c1ccc(O)c(Br)c1. The number of nitrogen functional groups attached to an aromatic ring is 1. The summed E-state index contributed by atoms with van der Waals surface area (Å²) in [5.74, 6) is 0.450. The molecule has 0 aliphatic heterocycles. The van der Waals surface area contributed by atoms with Crippen LogP contribution in [0.4, 0.5) is 5.88 Å². The molecule has 0 radical (unpaired) electrons. The summed E-state index contributed by atoms with van der Waals surface area (Å²) in [7, 11) is 0. The lowest BCUT2D eigenvalue weighted by molar-refractivity contribution is 0.436. The summed E-state index contributed by atoms with van der Waals surface area (Å²) >= 11 is 3.21. The van der Waals surface area contributed by atoms with Gasteiger partial charge in [-0.05, 0) is 33.6 Å². The average molecular weight is 255 g/mol. The third kappa shape index (κ3) is 1.46. The number of phenolic OH excluding ortho intramolecular Hbond substituents is 1. The van der Waals surface area contributed by atoms with Gasteiger partial charge in [0.2, 0.25) is 5.88 Å². The Bertz CT molecular complexity index is 468. The minimum absolute atomic E-state index is 0.184. The van der Waals surface area contributed by atoms with Crippen LogP contribution in [0.15, 0.2) is 33.4 Å². The van der Waals surface area contributed by atoms with Crippen LogP contribution in [-0.2, 0) is 0 Å². The summed E-state index contributed by atoms with van der Waals surface area (Å²) in [5, 5.41) is 12.9. The molecule has 2 aromatic rings. The molecule has 1 aromatic carbocycles. The number of rotatable bonds is 1. The smallest absolute Gasteiger partial charge is 0.229 e. The van der Waals surface area contributed by atoms with Gasteiger partial charge in [0.1, 0.15) is 5.75 Å². The van der Waals surface area contributed by atoms with Crippen LogP contribution in [-0.4, -0.2) is 10.3 Å². The van der Waals surface area contributed by atoms with Crippen LogP contribution >= 0.6 is 15.9 Å². The minimum Gasteiger partial charge on any atom is -0.507 e. The van der Waals surface area contributed by atoms with E-state index in [1.165, 1.54) is 6.20 Å². The molecule has 72 valence electrons. The number of nitrogens with two attached hydrogens (primary N) is 1. The monoisotopic (exact) mass is 254 g/mol. The van der Waals surface area contributed by atoms with Crippen molar-refractivity contribution in [3.8, 4) is 16.9 Å². The van der Waals surface area contributed by atoms with Gasteiger partial charge in [-0.15, -0.1) is 0 Å². The summed E-state index contributed by atoms with van der Waals surface area (Å²) < 4.78 is 5.35. The molecular formula is C9H7BrN2O2. The number of nitrogens with zero attached hydrogens (tertiary/aromatic N) is 1. The van der Waals surface area contributed by atoms with Gasteiger partial charge in [0.15, 0.2) is 0 Å². The first-order valence-electron chi connectivity index (χ1n) is 3.87. The second-order valence-corrected chi connectivity index (χ2v) is 3.62. The molecule has 0 aliphatic rings. The molecule has 3 N–H and O–H groups in total. The molecule has 1 aromatic heterocycles. The van der Waals surface area contributed by atoms with E-state index in [4.69, 9.17) is 10.3 Å². The zero-order valence-electron chi connectivity index (χ0n) is 7.07. The van der Waals surface area contributed by atoms with Crippen molar-refractivity contribution in [1.29, 1.82) is 0 Å². The molecule has 0 fully saturated rings. The molecule has 0 saturated carbocycles. The average Bonchev–Trinajstić information content (AvgIpc) is 2.57. The van der Waals surface area contributed by atoms with Crippen LogP contribution < -0.4 is 5.73 Å². The highest BCUT2D eigenvalue weighted by Gasteiger charge is 2.08. The van der Waals surface area contributed by atoms with Gasteiger partial charge in [0.05, 0.1) is 16.2 Å². The summed E-state index contributed by atoms with van der Waals surface area (Å²) in [5.41, 5.74) is 7.11. The second-order valence-electron chi connectivity index (χ2n) is 2.77. The zero-order valence-corrected chi connectivity index (χ0v) is 8.65. The molecule has 4 nitrogen and oxygen atoms in total. The number of aromatic hydroxyl groups is 1. The van der Waals surface area contributed by atoms with Crippen molar-refractivity contribution in [2.45, 2.75) is 0 Å². The maximum Gasteiger partial charge on any atom is 0.229 e. The predicted octanol–water partition coefficient (Wildman–Crippen LogP) is 2.39. The van der Waals surface area contributed by atoms with Crippen molar-refractivity contribution in [3.63, 3.8) is 0 Å². The Morgan fingerprint density at radius 2 is 2.21 bits per heavy atom. The first kappa shape index (κ1) is 9.08. The van der Waals surface area contributed by atoms with E-state index in [2.05, 4.69) is 21.1 Å². The molecule has 2 rings (SSSR count). The maximum atomic E-state index is 9.29. The number of phenols is 1. The van der Waals surface area contributed by atoms with Crippen molar-refractivity contribution in [1.82, 2.24) is 5.16 Å². The predicted molar refractivity (Wildman–Crippen MR) is 55.7 cm³/mol. The van der Waals surface area contributed by atoms with Gasteiger partial charge in [0.25, 0.3) is 0 Å². The normalized spacial score (nSPS) is 10.4. The molecule has 0 saturated heterocycles. The molecule has 0 unspecified atom stereocenters. The molecule has 0 bridgehead atoms. The number of benzene rings is 1. The zero-order chi connectivity index (χ0) is 10.1. The molecule has 0 aliphatic carbocycles. The lowest BCUT2D eigenvalue weighted by Crippen LogP contribution is -1.84. The van der Waals surface area contributed by atoms with Crippen molar-refractivity contribution in [3.05, 3.63) is 28.9 Å². The number of hydrogen-bond donors (Lipinski definition) is 2. The Balaban J connectivity index is 2.53. The first-order chi connectivity index (χ1) is 6.68. The third-order valence-electron chi connectivity index (χ3n) is 1.86. The Labute approximate surface area is 88.5 Å². The minimum atomic E-state index is 0.184. The van der Waals surface area contributed by atoms with Crippen LogP contribution in [0.1, 0.15) is 0 Å². The summed E-state index contributed by atoms with van der Waals surface area (Å²) in [6.45, 7) is 0. The lowest BCUT2D eigenvalue weighted by atomic mass is 10.1. The standard InChI is InChI=1S/C9H7BrN2O2/c10-7-3-5(1-2-8(7)13)6-4-12-14-9(6)11/h1-4,13H,11H2. The molecule has 1 heterocycles. The number of hydrogen-bond acceptors (Lipinski definition) is 4. The fourth-order valence-corrected chi connectivity index (χ4v) is 1.52. The number of aromatic nitrogens is 1. The van der Waals surface area contributed by atoms with E-state index < -0.39 is 0 Å². The second kappa shape index (κ2) is 3.34. The quantitative estimate of drug-likeness (QED) is 0.820. The van der Waals surface area contributed by atoms with E-state index in [1.807, 2.05) is 0 Å². The third-order valence-corrected chi connectivity index (χ3v) is 2.49. The van der Waals surface area contributed by atoms with E-state index in [0.29, 0.717) is 10.0 Å².